The van der Waals surface area contributed by atoms with Crippen LogP contribution in [0.25, 0.3) is 0 Å². The molecule has 0 fully saturated rings. The predicted octanol–water partition coefficient (Wildman–Crippen LogP) is 3.89. The van der Waals surface area contributed by atoms with Crippen LogP contribution in [-0.2, 0) is 4.43 Å². The van der Waals surface area contributed by atoms with Gasteiger partial charge in [-0.2, -0.15) is 0 Å². The molecule has 0 aliphatic heterocycles. The van der Waals surface area contributed by atoms with Crippen molar-refractivity contribution in [2.75, 3.05) is 7.11 Å². The summed E-state index contributed by atoms with van der Waals surface area (Å²) in [5, 5.41) is 0.853. The fourth-order valence-electron chi connectivity index (χ4n) is 1.96. The van der Waals surface area contributed by atoms with Crippen molar-refractivity contribution in [3.63, 3.8) is 0 Å². The molecule has 4 heteroatoms. The van der Waals surface area contributed by atoms with Crippen molar-refractivity contribution >= 4 is 23.5 Å². The van der Waals surface area contributed by atoms with Gasteiger partial charge >= 0.3 is 0 Å². The summed E-state index contributed by atoms with van der Waals surface area (Å²) in [5.74, 6) is 0. The van der Waals surface area contributed by atoms with Crippen LogP contribution >= 0.6 is 0 Å². The first-order chi connectivity index (χ1) is 5.97. The highest BCUT2D eigenvalue weighted by molar-refractivity contribution is 7.41. The summed E-state index contributed by atoms with van der Waals surface area (Å²) in [6, 6.07) is 0. The van der Waals surface area contributed by atoms with Crippen molar-refractivity contribution in [2.45, 2.75) is 57.9 Å². The molecule has 0 aromatic heterocycles. The van der Waals surface area contributed by atoms with E-state index in [0.29, 0.717) is 0 Å². The van der Waals surface area contributed by atoms with Gasteiger partial charge in [0.15, 0.2) is 7.83 Å². The van der Waals surface area contributed by atoms with Crippen LogP contribution in [0.3, 0.4) is 0 Å². The normalized spacial score (nSPS) is 20.4. The van der Waals surface area contributed by atoms with E-state index >= 15 is 0 Å². The minimum absolute atomic E-state index is 0.853. The van der Waals surface area contributed by atoms with Crippen molar-refractivity contribution in [3.05, 3.63) is 0 Å². The van der Waals surface area contributed by atoms with E-state index in [9.17, 15) is 0 Å². The van der Waals surface area contributed by atoms with Crippen molar-refractivity contribution < 1.29 is 4.43 Å². The molecule has 1 nitrogen and oxygen atoms in total. The Kier molecular flexibility index (Phi) is 4.42. The van der Waals surface area contributed by atoms with E-state index in [1.165, 1.54) is 0 Å². The third-order valence-electron chi connectivity index (χ3n) is 4.04. The molecular formula is C10H28OSi3. The average Bonchev–Trinajstić information content (AvgIpc) is 1.97. The molecule has 0 aliphatic rings. The average molecular weight is 249 g/mol. The molecule has 86 valence electrons. The number of hydrogen-bond donors (Lipinski definition) is 0. The maximum atomic E-state index is 6.03. The zero-order valence-electron chi connectivity index (χ0n) is 11.5. The van der Waals surface area contributed by atoms with E-state index < -0.39 is 23.5 Å². The summed E-state index contributed by atoms with van der Waals surface area (Å²) in [5.41, 5.74) is 0. The molecule has 0 rings (SSSR count). The molecule has 0 bridgehead atoms. The van der Waals surface area contributed by atoms with Gasteiger partial charge in [0, 0.05) is 15.2 Å². The van der Waals surface area contributed by atoms with E-state index in [-0.39, 0.29) is 0 Å². The summed E-state index contributed by atoms with van der Waals surface area (Å²) in [6.45, 7) is 19.7. The highest BCUT2D eigenvalue weighted by atomic mass is 29.3. The minimum atomic E-state index is -1.46. The van der Waals surface area contributed by atoms with E-state index in [1.54, 1.807) is 0 Å². The van der Waals surface area contributed by atoms with Gasteiger partial charge in [-0.25, -0.2) is 0 Å². The third-order valence-corrected chi connectivity index (χ3v) is 28.1. The Bertz CT molecular complexity index is 193. The van der Waals surface area contributed by atoms with Crippen LogP contribution < -0.4 is 0 Å². The SMILES string of the molecule is CO[Si@@](C)([C@H](C)[Si](C)(C)C)[Si](C)(C)C. The van der Waals surface area contributed by atoms with E-state index in [2.05, 4.69) is 52.8 Å². The topological polar surface area (TPSA) is 9.23 Å². The molecule has 0 unspecified atom stereocenters. The van der Waals surface area contributed by atoms with Crippen molar-refractivity contribution in [1.82, 2.24) is 0 Å². The Morgan fingerprint density at radius 2 is 1.21 bits per heavy atom. The molecular weight excluding hydrogens is 220 g/mol. The smallest absolute Gasteiger partial charge is 0.176 e. The lowest BCUT2D eigenvalue weighted by molar-refractivity contribution is 0.410. The first-order valence-electron chi connectivity index (χ1n) is 5.52. The van der Waals surface area contributed by atoms with Crippen LogP contribution in [0.2, 0.25) is 51.0 Å². The second kappa shape index (κ2) is 4.23. The first-order valence-corrected chi connectivity index (χ1v) is 16.1. The molecule has 0 heterocycles. The van der Waals surface area contributed by atoms with E-state index in [0.717, 1.165) is 5.16 Å². The maximum absolute atomic E-state index is 6.03. The van der Waals surface area contributed by atoms with Gasteiger partial charge in [-0.05, 0) is 11.7 Å². The summed E-state index contributed by atoms with van der Waals surface area (Å²) >= 11 is 0. The Balaban J connectivity index is 5.07. The summed E-state index contributed by atoms with van der Waals surface area (Å²) in [6.07, 6.45) is 0. The van der Waals surface area contributed by atoms with Crippen LogP contribution in [0.5, 0.6) is 0 Å². The second-order valence-corrected chi connectivity index (χ2v) is 28.3. The lowest BCUT2D eigenvalue weighted by atomic mass is 10.9. The van der Waals surface area contributed by atoms with Crippen LogP contribution in [0, 0.1) is 0 Å². The fourth-order valence-corrected chi connectivity index (χ4v) is 24.7. The molecule has 0 saturated heterocycles. The molecule has 0 spiro atoms. The summed E-state index contributed by atoms with van der Waals surface area (Å²) in [4.78, 5) is 0. The monoisotopic (exact) mass is 248 g/mol. The molecule has 0 aromatic carbocycles. The van der Waals surface area contributed by atoms with E-state index in [4.69, 9.17) is 4.43 Å². The molecule has 14 heavy (non-hydrogen) atoms. The van der Waals surface area contributed by atoms with Gasteiger partial charge in [0.25, 0.3) is 0 Å². The van der Waals surface area contributed by atoms with Gasteiger partial charge in [0.05, 0.1) is 7.59 Å². The third kappa shape index (κ3) is 2.81. The van der Waals surface area contributed by atoms with Crippen molar-refractivity contribution in [3.8, 4) is 0 Å². The lowest BCUT2D eigenvalue weighted by Gasteiger charge is -2.46. The second-order valence-electron chi connectivity index (χ2n) is 6.65. The molecule has 0 saturated carbocycles. The van der Waals surface area contributed by atoms with Gasteiger partial charge in [0.1, 0.15) is 0 Å². The van der Waals surface area contributed by atoms with Crippen LogP contribution in [-0.4, -0.2) is 30.6 Å². The standard InChI is InChI=1S/C10H28OSi3/c1-10(12(3,4)5)14(9,11-2)13(6,7)8/h10H,1-9H3/t10-,14-/m1/s1. The predicted molar refractivity (Wildman–Crippen MR) is 74.7 cm³/mol. The van der Waals surface area contributed by atoms with Gasteiger partial charge in [0.2, 0.25) is 0 Å². The Labute approximate surface area is 93.2 Å². The van der Waals surface area contributed by atoms with Crippen molar-refractivity contribution in [2.24, 2.45) is 0 Å². The highest BCUT2D eigenvalue weighted by Crippen LogP contribution is 2.37. The summed E-state index contributed by atoms with van der Waals surface area (Å²) < 4.78 is 6.03. The first kappa shape index (κ1) is 14.6. The van der Waals surface area contributed by atoms with Gasteiger partial charge in [-0.1, -0.05) is 46.2 Å². The zero-order valence-corrected chi connectivity index (χ0v) is 14.5. The quantitative estimate of drug-likeness (QED) is 0.686. The summed E-state index contributed by atoms with van der Waals surface area (Å²) in [7, 11) is -1.71. The van der Waals surface area contributed by atoms with Crippen LogP contribution in [0.15, 0.2) is 0 Å². The Hall–Kier alpha value is 0.611. The molecule has 0 N–H and O–H groups in total. The van der Waals surface area contributed by atoms with Gasteiger partial charge in [-0.15, -0.1) is 0 Å². The Morgan fingerprint density at radius 1 is 0.857 bits per heavy atom. The fraction of sp³-hybridized carbons (Fsp3) is 1.00. The molecule has 2 atom stereocenters. The van der Waals surface area contributed by atoms with Crippen molar-refractivity contribution in [1.29, 1.82) is 0 Å². The maximum Gasteiger partial charge on any atom is 0.176 e. The lowest BCUT2D eigenvalue weighted by Crippen LogP contribution is -2.63. The zero-order chi connectivity index (χ0) is 11.8. The Morgan fingerprint density at radius 3 is 1.29 bits per heavy atom. The molecule has 0 amide bonds. The largest absolute Gasteiger partial charge is 0.423 e. The number of rotatable bonds is 4. The minimum Gasteiger partial charge on any atom is -0.423 e. The molecule has 0 aromatic rings. The molecule has 0 aliphatic carbocycles. The highest BCUT2D eigenvalue weighted by Gasteiger charge is 2.50. The van der Waals surface area contributed by atoms with Gasteiger partial charge in [-0.3, -0.25) is 0 Å². The van der Waals surface area contributed by atoms with Crippen LogP contribution in [0.1, 0.15) is 6.92 Å². The number of hydrogen-bond acceptors (Lipinski definition) is 1. The van der Waals surface area contributed by atoms with Crippen LogP contribution in [0.4, 0.5) is 0 Å². The van der Waals surface area contributed by atoms with Gasteiger partial charge < -0.3 is 4.43 Å². The molecule has 0 radical (unpaired) electrons. The van der Waals surface area contributed by atoms with E-state index in [1.807, 2.05) is 7.11 Å².